The maximum atomic E-state index is 6.22. The lowest BCUT2D eigenvalue weighted by Crippen LogP contribution is -1.95. The minimum atomic E-state index is 0.711. The van der Waals surface area contributed by atoms with E-state index < -0.39 is 0 Å². The highest BCUT2D eigenvalue weighted by Crippen LogP contribution is 2.28. The average molecular weight is 350 g/mol. The number of fused-ring (bicyclic) bond motifs is 3. The normalized spacial score (nSPS) is 11.4. The Morgan fingerprint density at radius 2 is 1.92 bits per heavy atom. The summed E-state index contributed by atoms with van der Waals surface area (Å²) in [6.45, 7) is 2.23. The maximum absolute atomic E-state index is 6.22. The van der Waals surface area contributed by atoms with Crippen molar-refractivity contribution >= 4 is 33.5 Å². The van der Waals surface area contributed by atoms with E-state index in [-0.39, 0.29) is 0 Å². The van der Waals surface area contributed by atoms with Gasteiger partial charge in [0.25, 0.3) is 0 Å². The molecule has 2 aromatic heterocycles. The molecule has 3 nitrogen and oxygen atoms in total. The largest absolute Gasteiger partial charge is 0.298 e. The van der Waals surface area contributed by atoms with Crippen LogP contribution in [0.1, 0.15) is 31.7 Å². The van der Waals surface area contributed by atoms with Gasteiger partial charge in [0.1, 0.15) is 11.8 Å². The topological polar surface area (TPSA) is 30.7 Å². The van der Waals surface area contributed by atoms with Gasteiger partial charge in [-0.1, -0.05) is 43.5 Å². The van der Waals surface area contributed by atoms with Crippen LogP contribution in [0, 0.1) is 0 Å². The summed E-state index contributed by atoms with van der Waals surface area (Å²) in [5, 5.41) is 1.74. The molecule has 0 aliphatic carbocycles. The van der Waals surface area contributed by atoms with E-state index in [1.165, 1.54) is 24.8 Å². The predicted octanol–water partition coefficient (Wildman–Crippen LogP) is 5.96. The van der Waals surface area contributed by atoms with Crippen molar-refractivity contribution in [3.05, 3.63) is 65.6 Å². The monoisotopic (exact) mass is 349 g/mol. The van der Waals surface area contributed by atoms with Crippen LogP contribution in [0.4, 0.5) is 0 Å². The first-order valence-corrected chi connectivity index (χ1v) is 9.14. The molecule has 0 saturated heterocycles. The number of pyridine rings is 1. The van der Waals surface area contributed by atoms with Crippen LogP contribution in [0.25, 0.3) is 27.6 Å². The molecule has 126 valence electrons. The number of nitrogens with zero attached hydrogens (tertiary/aromatic N) is 3. The first-order chi connectivity index (χ1) is 12.3. The predicted molar refractivity (Wildman–Crippen MR) is 105 cm³/mol. The van der Waals surface area contributed by atoms with Crippen molar-refractivity contribution in [1.82, 2.24) is 14.5 Å². The number of rotatable bonds is 5. The lowest BCUT2D eigenvalue weighted by molar-refractivity contribution is 0.717. The van der Waals surface area contributed by atoms with Gasteiger partial charge >= 0.3 is 0 Å². The number of hydrogen-bond acceptors (Lipinski definition) is 2. The standard InChI is InChI=1S/C21H20ClN3/c1-2-3-4-6-15-7-5-8-17(11-15)25-14-24-20-13-23-19-10-9-16(22)12-18(19)21(20)25/h5,7-14H,2-4,6H2,1H3. The molecule has 4 aromatic rings. The van der Waals surface area contributed by atoms with Crippen LogP contribution >= 0.6 is 11.6 Å². The number of halogens is 1. The molecule has 0 saturated carbocycles. The number of benzene rings is 2. The molecule has 0 unspecified atom stereocenters. The summed E-state index contributed by atoms with van der Waals surface area (Å²) in [6.07, 6.45) is 8.55. The minimum absolute atomic E-state index is 0.711. The van der Waals surface area contributed by atoms with Crippen molar-refractivity contribution in [1.29, 1.82) is 0 Å². The summed E-state index contributed by atoms with van der Waals surface area (Å²) < 4.78 is 2.14. The second-order valence-corrected chi connectivity index (χ2v) is 6.83. The Bertz CT molecular complexity index is 1040. The molecule has 2 heterocycles. The third-order valence-corrected chi connectivity index (χ3v) is 4.83. The number of aryl methyl sites for hydroxylation is 1. The number of unbranched alkanes of at least 4 members (excludes halogenated alkanes) is 2. The van der Waals surface area contributed by atoms with Gasteiger partial charge in [0.05, 0.1) is 17.2 Å². The van der Waals surface area contributed by atoms with Crippen molar-refractivity contribution in [3.63, 3.8) is 0 Å². The minimum Gasteiger partial charge on any atom is -0.298 e. The van der Waals surface area contributed by atoms with E-state index >= 15 is 0 Å². The van der Waals surface area contributed by atoms with Gasteiger partial charge in [0.15, 0.2) is 0 Å². The molecule has 0 fully saturated rings. The van der Waals surface area contributed by atoms with Crippen LogP contribution < -0.4 is 0 Å². The molecule has 0 bridgehead atoms. The number of aromatic nitrogens is 3. The fourth-order valence-electron chi connectivity index (χ4n) is 3.30. The fourth-order valence-corrected chi connectivity index (χ4v) is 3.47. The molecule has 0 N–H and O–H groups in total. The summed E-state index contributed by atoms with van der Waals surface area (Å²) in [4.78, 5) is 9.03. The Hall–Kier alpha value is -2.39. The molecule has 0 spiro atoms. The van der Waals surface area contributed by atoms with Crippen molar-refractivity contribution < 1.29 is 0 Å². The molecule has 0 aliphatic heterocycles. The van der Waals surface area contributed by atoms with E-state index in [0.29, 0.717) is 5.02 Å². The molecule has 4 heteroatoms. The molecule has 0 amide bonds. The van der Waals surface area contributed by atoms with Gasteiger partial charge in [-0.2, -0.15) is 0 Å². The fraction of sp³-hybridized carbons (Fsp3) is 0.238. The highest BCUT2D eigenvalue weighted by Gasteiger charge is 2.10. The molecule has 4 rings (SSSR count). The van der Waals surface area contributed by atoms with Gasteiger partial charge < -0.3 is 0 Å². The smallest absolute Gasteiger partial charge is 0.108 e. The number of hydrogen-bond donors (Lipinski definition) is 0. The van der Waals surface area contributed by atoms with Crippen molar-refractivity contribution in [2.45, 2.75) is 32.6 Å². The van der Waals surface area contributed by atoms with Crippen LogP contribution in [0.3, 0.4) is 0 Å². The van der Waals surface area contributed by atoms with Gasteiger partial charge in [0, 0.05) is 16.1 Å². The third-order valence-electron chi connectivity index (χ3n) is 4.59. The maximum Gasteiger partial charge on any atom is 0.108 e. The van der Waals surface area contributed by atoms with Gasteiger partial charge in [-0.25, -0.2) is 4.98 Å². The van der Waals surface area contributed by atoms with E-state index in [1.54, 1.807) is 0 Å². The Morgan fingerprint density at radius 1 is 1.00 bits per heavy atom. The van der Waals surface area contributed by atoms with E-state index in [0.717, 1.165) is 34.0 Å². The zero-order valence-corrected chi connectivity index (χ0v) is 15.0. The molecule has 0 atom stereocenters. The summed E-state index contributed by atoms with van der Waals surface area (Å²) in [5.74, 6) is 0. The lowest BCUT2D eigenvalue weighted by atomic mass is 10.1. The van der Waals surface area contributed by atoms with E-state index in [4.69, 9.17) is 11.6 Å². The lowest BCUT2D eigenvalue weighted by Gasteiger charge is -2.09. The molecule has 0 aliphatic rings. The zero-order chi connectivity index (χ0) is 17.2. The van der Waals surface area contributed by atoms with E-state index in [1.807, 2.05) is 30.7 Å². The van der Waals surface area contributed by atoms with Crippen LogP contribution in [-0.2, 0) is 6.42 Å². The van der Waals surface area contributed by atoms with Gasteiger partial charge in [-0.15, -0.1) is 0 Å². The molecule has 2 aromatic carbocycles. The first-order valence-electron chi connectivity index (χ1n) is 8.77. The van der Waals surface area contributed by atoms with E-state index in [2.05, 4.69) is 45.7 Å². The highest BCUT2D eigenvalue weighted by molar-refractivity contribution is 6.31. The summed E-state index contributed by atoms with van der Waals surface area (Å²) in [7, 11) is 0. The van der Waals surface area contributed by atoms with Gasteiger partial charge in [0.2, 0.25) is 0 Å². The third kappa shape index (κ3) is 3.12. The SMILES string of the molecule is CCCCCc1cccc(-n2cnc3cnc4ccc(Cl)cc4c32)c1. The second kappa shape index (κ2) is 6.85. The molecular formula is C21H20ClN3. The molecule has 0 radical (unpaired) electrons. The van der Waals surface area contributed by atoms with E-state index in [9.17, 15) is 0 Å². The van der Waals surface area contributed by atoms with Gasteiger partial charge in [-0.3, -0.25) is 9.55 Å². The summed E-state index contributed by atoms with van der Waals surface area (Å²) in [5.41, 5.74) is 5.36. The Morgan fingerprint density at radius 3 is 2.80 bits per heavy atom. The van der Waals surface area contributed by atoms with Crippen LogP contribution in [0.15, 0.2) is 55.0 Å². The van der Waals surface area contributed by atoms with Crippen LogP contribution in [-0.4, -0.2) is 14.5 Å². The second-order valence-electron chi connectivity index (χ2n) is 6.40. The Balaban J connectivity index is 1.84. The van der Waals surface area contributed by atoms with Crippen molar-refractivity contribution in [2.75, 3.05) is 0 Å². The van der Waals surface area contributed by atoms with Gasteiger partial charge in [-0.05, 0) is 48.7 Å². The van der Waals surface area contributed by atoms with Crippen LogP contribution in [0.5, 0.6) is 0 Å². The molecular weight excluding hydrogens is 330 g/mol. The quantitative estimate of drug-likeness (QED) is 0.416. The first kappa shape index (κ1) is 16.1. The Kier molecular flexibility index (Phi) is 4.41. The van der Waals surface area contributed by atoms with Crippen molar-refractivity contribution in [2.24, 2.45) is 0 Å². The Labute approximate surface area is 152 Å². The number of imidazole rings is 1. The summed E-state index contributed by atoms with van der Waals surface area (Å²) >= 11 is 6.22. The zero-order valence-electron chi connectivity index (χ0n) is 14.2. The summed E-state index contributed by atoms with van der Waals surface area (Å²) in [6, 6.07) is 14.5. The average Bonchev–Trinajstić information content (AvgIpc) is 3.07. The molecule has 25 heavy (non-hydrogen) atoms. The van der Waals surface area contributed by atoms with Crippen molar-refractivity contribution in [3.8, 4) is 5.69 Å². The van der Waals surface area contributed by atoms with Crippen LogP contribution in [0.2, 0.25) is 5.02 Å². The highest BCUT2D eigenvalue weighted by atomic mass is 35.5.